The number of nitrogens with one attached hydrogen (secondary N) is 1. The molecule has 4 rings (SSSR count). The summed E-state index contributed by atoms with van der Waals surface area (Å²) in [5.74, 6) is -0.373. The fourth-order valence-corrected chi connectivity index (χ4v) is 3.20. The highest BCUT2D eigenvalue weighted by Gasteiger charge is 2.34. The molecule has 0 radical (unpaired) electrons. The molecule has 0 aliphatic rings. The van der Waals surface area contributed by atoms with Crippen LogP contribution in [0.15, 0.2) is 79.3 Å². The van der Waals surface area contributed by atoms with Crippen LogP contribution in [0.3, 0.4) is 0 Å². The van der Waals surface area contributed by atoms with Gasteiger partial charge in [-0.1, -0.05) is 12.1 Å². The van der Waals surface area contributed by atoms with Gasteiger partial charge in [0.05, 0.1) is 5.56 Å². The number of amides is 1. The lowest BCUT2D eigenvalue weighted by molar-refractivity contribution is -0.140. The number of ether oxygens (including phenoxy) is 1. The Bertz CT molecular complexity index is 1400. The number of halogens is 4. The number of alkyl halides is 3. The number of aromatic nitrogens is 3. The van der Waals surface area contributed by atoms with Gasteiger partial charge in [-0.15, -0.1) is 0 Å². The van der Waals surface area contributed by atoms with Gasteiger partial charge in [-0.3, -0.25) is 9.78 Å². The molecule has 0 atom stereocenters. The zero-order valence-corrected chi connectivity index (χ0v) is 18.3. The van der Waals surface area contributed by atoms with Gasteiger partial charge >= 0.3 is 6.18 Å². The van der Waals surface area contributed by atoms with Crippen molar-refractivity contribution in [3.05, 3.63) is 96.2 Å². The number of carbonyl (C=O) groups is 1. The third-order valence-electron chi connectivity index (χ3n) is 4.84. The molecule has 0 unspecified atom stereocenters. The maximum atomic E-state index is 13.4. The molecule has 2 heterocycles. The van der Waals surface area contributed by atoms with Crippen LogP contribution in [0, 0.1) is 5.82 Å². The van der Waals surface area contributed by atoms with Crippen molar-refractivity contribution in [3.8, 4) is 23.0 Å². The molecule has 178 valence electrons. The Morgan fingerprint density at radius 3 is 2.57 bits per heavy atom. The van der Waals surface area contributed by atoms with Crippen LogP contribution in [0.5, 0.6) is 11.5 Å². The Labute approximate surface area is 197 Å². The van der Waals surface area contributed by atoms with Gasteiger partial charge in [-0.05, 0) is 48.0 Å². The number of pyridine rings is 1. The number of anilines is 1. The number of hydrogen-bond donors (Lipinski definition) is 1. The van der Waals surface area contributed by atoms with Crippen LogP contribution in [0.25, 0.3) is 17.6 Å². The molecule has 2 aromatic carbocycles. The van der Waals surface area contributed by atoms with E-state index in [0.29, 0.717) is 40.7 Å². The standard InChI is InChI=1S/C25H18F4N4O2/c1-33-12-11-31-24(33)22-15-19(9-10-30-22)35-18-4-2-3-16(13-18)5-8-23(34)32-17-6-7-21(26)20(14-17)25(27,28)29/h2-15H,1H3,(H,32,34). The largest absolute Gasteiger partial charge is 0.457 e. The lowest BCUT2D eigenvalue weighted by Crippen LogP contribution is -2.12. The van der Waals surface area contributed by atoms with Gasteiger partial charge in [-0.25, -0.2) is 9.37 Å². The molecule has 0 aliphatic carbocycles. The molecular weight excluding hydrogens is 464 g/mol. The number of nitrogens with zero attached hydrogens (tertiary/aromatic N) is 3. The average molecular weight is 482 g/mol. The number of imidazole rings is 1. The number of aryl methyl sites for hydroxylation is 1. The second kappa shape index (κ2) is 9.80. The summed E-state index contributed by atoms with van der Waals surface area (Å²) in [6, 6.07) is 12.6. The first-order valence-electron chi connectivity index (χ1n) is 10.3. The quantitative estimate of drug-likeness (QED) is 0.267. The van der Waals surface area contributed by atoms with Gasteiger partial charge in [0.15, 0.2) is 5.82 Å². The van der Waals surface area contributed by atoms with E-state index in [1.807, 2.05) is 17.8 Å². The summed E-state index contributed by atoms with van der Waals surface area (Å²) >= 11 is 0. The highest BCUT2D eigenvalue weighted by Crippen LogP contribution is 2.33. The van der Waals surface area contributed by atoms with Crippen LogP contribution in [0.1, 0.15) is 11.1 Å². The Balaban J connectivity index is 1.44. The smallest absolute Gasteiger partial charge is 0.419 e. The van der Waals surface area contributed by atoms with Gasteiger partial charge in [0.2, 0.25) is 5.91 Å². The van der Waals surface area contributed by atoms with Crippen molar-refractivity contribution in [3.63, 3.8) is 0 Å². The Morgan fingerprint density at radius 2 is 1.83 bits per heavy atom. The summed E-state index contributed by atoms with van der Waals surface area (Å²) in [4.78, 5) is 20.7. The number of carbonyl (C=O) groups excluding carboxylic acids is 1. The van der Waals surface area contributed by atoms with Crippen molar-refractivity contribution in [2.24, 2.45) is 7.05 Å². The van der Waals surface area contributed by atoms with Crippen molar-refractivity contribution >= 4 is 17.7 Å². The minimum absolute atomic E-state index is 0.174. The summed E-state index contributed by atoms with van der Waals surface area (Å²) in [6.45, 7) is 0. The summed E-state index contributed by atoms with van der Waals surface area (Å²) in [5, 5.41) is 2.29. The Hall–Kier alpha value is -4.47. The maximum Gasteiger partial charge on any atom is 0.419 e. The van der Waals surface area contributed by atoms with Crippen LogP contribution in [0.4, 0.5) is 23.2 Å². The highest BCUT2D eigenvalue weighted by atomic mass is 19.4. The molecule has 2 aromatic heterocycles. The number of rotatable bonds is 6. The predicted molar refractivity (Wildman–Crippen MR) is 122 cm³/mol. The minimum Gasteiger partial charge on any atom is -0.457 e. The van der Waals surface area contributed by atoms with E-state index < -0.39 is 23.5 Å². The molecule has 1 amide bonds. The molecule has 1 N–H and O–H groups in total. The highest BCUT2D eigenvalue weighted by molar-refractivity contribution is 6.02. The van der Waals surface area contributed by atoms with E-state index in [2.05, 4.69) is 15.3 Å². The summed E-state index contributed by atoms with van der Waals surface area (Å²) in [5.41, 5.74) is -0.374. The van der Waals surface area contributed by atoms with Crippen molar-refractivity contribution in [1.29, 1.82) is 0 Å². The Morgan fingerprint density at radius 1 is 1.03 bits per heavy atom. The second-order valence-corrected chi connectivity index (χ2v) is 7.43. The van der Waals surface area contributed by atoms with Gasteiger partial charge < -0.3 is 14.6 Å². The molecule has 0 spiro atoms. The third kappa shape index (κ3) is 5.91. The predicted octanol–water partition coefficient (Wildman–Crippen LogP) is 6.08. The van der Waals surface area contributed by atoms with Crippen LogP contribution >= 0.6 is 0 Å². The van der Waals surface area contributed by atoms with E-state index in [-0.39, 0.29) is 5.69 Å². The molecular formula is C25H18F4N4O2. The first kappa shape index (κ1) is 23.7. The van der Waals surface area contributed by atoms with E-state index in [0.717, 1.165) is 12.1 Å². The molecule has 10 heteroatoms. The average Bonchev–Trinajstić information content (AvgIpc) is 3.24. The van der Waals surface area contributed by atoms with E-state index in [9.17, 15) is 22.4 Å². The van der Waals surface area contributed by atoms with Crippen LogP contribution in [-0.4, -0.2) is 20.4 Å². The molecule has 0 saturated heterocycles. The van der Waals surface area contributed by atoms with Gasteiger partial charge in [0, 0.05) is 43.5 Å². The van der Waals surface area contributed by atoms with E-state index >= 15 is 0 Å². The topological polar surface area (TPSA) is 69.0 Å². The summed E-state index contributed by atoms with van der Waals surface area (Å²) < 4.78 is 59.7. The van der Waals surface area contributed by atoms with Crippen molar-refractivity contribution in [2.45, 2.75) is 6.18 Å². The van der Waals surface area contributed by atoms with Gasteiger partial charge in [0.1, 0.15) is 23.0 Å². The first-order chi connectivity index (χ1) is 16.7. The first-order valence-corrected chi connectivity index (χ1v) is 10.3. The molecule has 0 bridgehead atoms. The van der Waals surface area contributed by atoms with E-state index in [1.165, 1.54) is 6.08 Å². The fraction of sp³-hybridized carbons (Fsp3) is 0.0800. The molecule has 35 heavy (non-hydrogen) atoms. The zero-order valence-electron chi connectivity index (χ0n) is 18.3. The zero-order chi connectivity index (χ0) is 25.0. The monoisotopic (exact) mass is 482 g/mol. The number of benzene rings is 2. The summed E-state index contributed by atoms with van der Waals surface area (Å²) in [7, 11) is 1.86. The third-order valence-corrected chi connectivity index (χ3v) is 4.84. The van der Waals surface area contributed by atoms with Crippen molar-refractivity contribution < 1.29 is 27.1 Å². The van der Waals surface area contributed by atoms with E-state index in [1.54, 1.807) is 48.8 Å². The normalized spacial score (nSPS) is 11.6. The molecule has 0 fully saturated rings. The maximum absolute atomic E-state index is 13.4. The number of hydrogen-bond acceptors (Lipinski definition) is 4. The minimum atomic E-state index is -4.87. The van der Waals surface area contributed by atoms with Crippen molar-refractivity contribution in [2.75, 3.05) is 5.32 Å². The van der Waals surface area contributed by atoms with Crippen molar-refractivity contribution in [1.82, 2.24) is 14.5 Å². The molecule has 6 nitrogen and oxygen atoms in total. The molecule has 0 aliphatic heterocycles. The summed E-state index contributed by atoms with van der Waals surface area (Å²) in [6.07, 6.45) is 2.84. The lowest BCUT2D eigenvalue weighted by Gasteiger charge is -2.10. The van der Waals surface area contributed by atoms with E-state index in [4.69, 9.17) is 4.74 Å². The second-order valence-electron chi connectivity index (χ2n) is 7.43. The van der Waals surface area contributed by atoms with Crippen LogP contribution in [0.2, 0.25) is 0 Å². The fourth-order valence-electron chi connectivity index (χ4n) is 3.20. The SMILES string of the molecule is Cn1ccnc1-c1cc(Oc2cccc(C=CC(=O)Nc3ccc(F)c(C(F)(F)F)c3)c2)ccn1. The Kier molecular flexibility index (Phi) is 6.63. The van der Waals surface area contributed by atoms with Crippen LogP contribution < -0.4 is 10.1 Å². The van der Waals surface area contributed by atoms with Gasteiger partial charge in [-0.2, -0.15) is 13.2 Å². The molecule has 4 aromatic rings. The van der Waals surface area contributed by atoms with Gasteiger partial charge in [0.25, 0.3) is 0 Å². The lowest BCUT2D eigenvalue weighted by atomic mass is 10.1. The molecule has 0 saturated carbocycles. The van der Waals surface area contributed by atoms with Crippen LogP contribution in [-0.2, 0) is 18.0 Å².